The number of hydrogen-bond donors (Lipinski definition) is 10. The molecule has 25 heteroatoms. The summed E-state index contributed by atoms with van der Waals surface area (Å²) in [6, 6.07) is -1.80. The van der Waals surface area contributed by atoms with Gasteiger partial charge in [0.05, 0.1) is 6.04 Å². The Kier molecular flexibility index (Phi) is 42.4. The fourth-order valence-electron chi connectivity index (χ4n) is 5.39. The number of alkyl carbamates (subject to hydrolysis) is 3. The number of hydrogen-bond acceptors (Lipinski definition) is 14. The van der Waals surface area contributed by atoms with Gasteiger partial charge in [-0.3, -0.25) is 28.8 Å². The van der Waals surface area contributed by atoms with Crippen LogP contribution in [-0.4, -0.2) is 143 Å². The summed E-state index contributed by atoms with van der Waals surface area (Å²) >= 11 is 6.27. The zero-order valence-corrected chi connectivity index (χ0v) is 46.5. The molecular weight excluding hydrogens is 1050 g/mol. The van der Waals surface area contributed by atoms with Crippen molar-refractivity contribution in [1.29, 1.82) is 0 Å². The smallest absolute Gasteiger partial charge is 0.407 e. The predicted octanol–water partition coefficient (Wildman–Crippen LogP) is 3.91. The molecule has 0 aromatic carbocycles. The van der Waals surface area contributed by atoms with Crippen LogP contribution in [0.5, 0.6) is 0 Å². The number of likely N-dealkylation sites (tertiary alicyclic amines) is 1. The van der Waals surface area contributed by atoms with Gasteiger partial charge < -0.3 is 74.2 Å². The second-order valence-corrected chi connectivity index (χ2v) is 20.1. The van der Waals surface area contributed by atoms with Crippen molar-refractivity contribution < 1.29 is 62.5 Å². The van der Waals surface area contributed by atoms with Crippen molar-refractivity contribution in [1.82, 2.24) is 26.2 Å². The van der Waals surface area contributed by atoms with Gasteiger partial charge in [-0.2, -0.15) is 0 Å². The van der Waals surface area contributed by atoms with Crippen LogP contribution in [0.15, 0.2) is 0 Å². The summed E-state index contributed by atoms with van der Waals surface area (Å²) in [5, 5.41) is 19.8. The highest BCUT2D eigenvalue weighted by Crippen LogP contribution is 2.17. The van der Waals surface area contributed by atoms with E-state index in [1.165, 1.54) is 7.05 Å². The predicted molar refractivity (Wildman–Crippen MR) is 276 cm³/mol. The largest absolute Gasteiger partial charge is 0.481 e. The molecule has 0 unspecified atom stereocenters. The summed E-state index contributed by atoms with van der Waals surface area (Å²) in [6.07, 6.45) is 6.89. The first-order valence-electron chi connectivity index (χ1n) is 23.4. The van der Waals surface area contributed by atoms with Crippen molar-refractivity contribution in [3.05, 3.63) is 0 Å². The minimum absolute atomic E-state index is 0.00400. The van der Waals surface area contributed by atoms with Gasteiger partial charge >= 0.3 is 24.2 Å². The van der Waals surface area contributed by atoms with E-state index in [-0.39, 0.29) is 18.2 Å². The Morgan fingerprint density at radius 1 is 0.614 bits per heavy atom. The van der Waals surface area contributed by atoms with Crippen LogP contribution in [-0.2, 0) is 43.0 Å². The minimum Gasteiger partial charge on any atom is -0.481 e. The Balaban J connectivity index is -0.000000432. The number of nitrogens with two attached hydrogens (primary N) is 5. The third-order valence-electron chi connectivity index (χ3n) is 8.48. The maximum absolute atomic E-state index is 11.7. The number of alkyl halides is 2. The van der Waals surface area contributed by atoms with Gasteiger partial charge in [0.1, 0.15) is 28.9 Å². The highest BCUT2D eigenvalue weighted by Gasteiger charge is 2.31. The molecule has 15 N–H and O–H groups in total. The second kappa shape index (κ2) is 41.2. The number of rotatable bonds is 25. The number of amides is 8. The highest BCUT2D eigenvalue weighted by molar-refractivity contribution is 9.09. The van der Waals surface area contributed by atoms with Crippen LogP contribution in [0, 0.1) is 0 Å². The molecule has 1 aliphatic rings. The van der Waals surface area contributed by atoms with Crippen LogP contribution in [0.25, 0.3) is 0 Å². The number of carbonyl (C=O) groups is 9. The average molecular weight is 1140 g/mol. The summed E-state index contributed by atoms with van der Waals surface area (Å²) in [6.45, 7) is 18.2. The molecule has 0 bridgehead atoms. The van der Waals surface area contributed by atoms with E-state index >= 15 is 0 Å². The highest BCUT2D eigenvalue weighted by atomic mass is 79.9. The Morgan fingerprint density at radius 3 is 1.33 bits per heavy atom. The lowest BCUT2D eigenvalue weighted by Gasteiger charge is -2.25. The number of ether oxygens (including phenoxy) is 3. The second-order valence-electron chi connectivity index (χ2n) is 18.5. The fourth-order valence-corrected chi connectivity index (χ4v) is 6.03. The fraction of sp³-hybridized carbons (Fsp3) is 0.800. The van der Waals surface area contributed by atoms with Gasteiger partial charge in [-0.1, -0.05) is 31.9 Å². The average Bonchev–Trinajstić information content (AvgIpc) is 3.64. The number of nitrogens with one attached hydrogen (secondary N) is 4. The summed E-state index contributed by atoms with van der Waals surface area (Å²) < 4.78 is 15.3. The van der Waals surface area contributed by atoms with Gasteiger partial charge in [0.2, 0.25) is 29.5 Å². The van der Waals surface area contributed by atoms with E-state index in [9.17, 15) is 43.2 Å². The summed E-state index contributed by atoms with van der Waals surface area (Å²) in [5.41, 5.74) is 24.1. The SMILES string of the molecule is CC(C)(C)OC(=O)NCCCC[C@@H](C(N)=O)N1CCCC1=O.CC(C)(C)OC(=O)NCCCC[C@H](N)C(N)=O.CC(C)(C)OC(=O)NCCCC[C@H](NC(=O)CCBr)C(N)=O.CN.O=C(O)CCCBr. The van der Waals surface area contributed by atoms with Crippen molar-refractivity contribution in [2.75, 3.05) is 43.9 Å². The van der Waals surface area contributed by atoms with Crippen molar-refractivity contribution in [3.8, 4) is 0 Å². The molecule has 0 saturated carbocycles. The molecule has 1 fully saturated rings. The Morgan fingerprint density at radius 2 is 1.03 bits per heavy atom. The zero-order chi connectivity index (χ0) is 55.1. The van der Waals surface area contributed by atoms with Crippen LogP contribution < -0.4 is 49.9 Å². The molecule has 8 amide bonds. The minimum atomic E-state index is -0.723. The van der Waals surface area contributed by atoms with Crippen LogP contribution in [0.1, 0.15) is 152 Å². The van der Waals surface area contributed by atoms with E-state index in [1.54, 1.807) is 67.2 Å². The van der Waals surface area contributed by atoms with Crippen molar-refractivity contribution >= 4 is 85.6 Å². The standard InChI is InChI=1S/C15H27N3O4.C14H26BrN3O4.C11H23N3O3.C4H7BrO2.CH5N/c1-15(2,3)22-14(21)17-9-5-4-7-11(13(16)20)18-10-6-8-12(18)19;1-14(2,3)22-13(21)17-9-5-4-6-10(12(16)20)18-11(19)7-8-15;1-11(2,3)17-10(16)14-7-5-4-6-8(12)9(13)15;5-3-1-2-4(6)7;1-2/h11H,4-10H2,1-3H3,(H2,16,20)(H,17,21);10H,4-9H2,1-3H3,(H2,16,20)(H,17,21)(H,18,19);8H,4-7,12H2,1-3H3,(H2,13,15)(H,14,16);1-3H2,(H,6,7);2H2,1H3/t11-;10-;8-;;/m000../s1. The number of carbonyl (C=O) groups excluding carboxylic acids is 8. The molecule has 0 aromatic rings. The Hall–Kier alpha value is -4.49. The van der Waals surface area contributed by atoms with E-state index < -0.39 is 76.9 Å². The molecule has 3 atom stereocenters. The van der Waals surface area contributed by atoms with Crippen LogP contribution in [0.4, 0.5) is 14.4 Å². The molecule has 0 aromatic heterocycles. The molecule has 0 radical (unpaired) electrons. The summed E-state index contributed by atoms with van der Waals surface area (Å²) in [5.74, 6) is -2.45. The van der Waals surface area contributed by atoms with Gasteiger partial charge in [-0.05, 0) is 140 Å². The van der Waals surface area contributed by atoms with Crippen LogP contribution >= 0.6 is 31.9 Å². The monoisotopic (exact) mass is 1130 g/mol. The van der Waals surface area contributed by atoms with Crippen LogP contribution in [0.3, 0.4) is 0 Å². The molecule has 23 nitrogen and oxygen atoms in total. The van der Waals surface area contributed by atoms with E-state index in [1.807, 2.05) is 0 Å². The number of carboxylic acids is 1. The Labute approximate surface area is 432 Å². The molecule has 1 aliphatic heterocycles. The molecule has 0 aliphatic carbocycles. The molecule has 0 spiro atoms. The van der Waals surface area contributed by atoms with Gasteiger partial charge in [-0.25, -0.2) is 14.4 Å². The third kappa shape index (κ3) is 48.5. The zero-order valence-electron chi connectivity index (χ0n) is 43.3. The molecule has 1 heterocycles. The first-order chi connectivity index (χ1) is 32.3. The number of unbranched alkanes of at least 4 members (excludes halogenated alkanes) is 3. The summed E-state index contributed by atoms with van der Waals surface area (Å²) in [7, 11) is 1.50. The lowest BCUT2D eigenvalue weighted by molar-refractivity contribution is -0.137. The van der Waals surface area contributed by atoms with E-state index in [2.05, 4.69) is 58.9 Å². The lowest BCUT2D eigenvalue weighted by Crippen LogP contribution is -2.45. The van der Waals surface area contributed by atoms with Crippen molar-refractivity contribution in [2.45, 2.75) is 187 Å². The first kappa shape index (κ1) is 72.1. The maximum Gasteiger partial charge on any atom is 0.407 e. The van der Waals surface area contributed by atoms with Gasteiger partial charge in [-0.15, -0.1) is 0 Å². The number of primary amides is 3. The molecule has 70 heavy (non-hydrogen) atoms. The summed E-state index contributed by atoms with van der Waals surface area (Å²) in [4.78, 5) is 102. The van der Waals surface area contributed by atoms with E-state index in [0.717, 1.165) is 31.0 Å². The number of aliphatic carboxylic acids is 1. The topological polar surface area (TPSA) is 383 Å². The third-order valence-corrected chi connectivity index (χ3v) is 9.43. The molecule has 1 rings (SSSR count). The van der Waals surface area contributed by atoms with Crippen LogP contribution in [0.2, 0.25) is 0 Å². The van der Waals surface area contributed by atoms with E-state index in [0.29, 0.717) is 89.3 Å². The van der Waals surface area contributed by atoms with Gasteiger partial charge in [0.25, 0.3) is 0 Å². The normalized spacial score (nSPS) is 13.2. The number of carboxylic acid groups (broad SMARTS) is 1. The Bertz CT molecular complexity index is 1540. The van der Waals surface area contributed by atoms with Gasteiger partial charge in [0, 0.05) is 56.1 Å². The quantitative estimate of drug-likeness (QED) is 0.0352. The lowest BCUT2D eigenvalue weighted by atomic mass is 10.1. The number of halogens is 2. The maximum atomic E-state index is 11.7. The molecular formula is C45H88Br2N10O13. The molecule has 1 saturated heterocycles. The van der Waals surface area contributed by atoms with Crippen molar-refractivity contribution in [2.24, 2.45) is 28.7 Å². The van der Waals surface area contributed by atoms with E-state index in [4.69, 9.17) is 42.3 Å². The first-order valence-corrected chi connectivity index (χ1v) is 25.6. The number of nitrogens with zero attached hydrogens (tertiary/aromatic N) is 1. The molecule has 410 valence electrons. The van der Waals surface area contributed by atoms with Gasteiger partial charge in [0.15, 0.2) is 0 Å². The van der Waals surface area contributed by atoms with Crippen molar-refractivity contribution in [3.63, 3.8) is 0 Å².